The normalized spacial score (nSPS) is 14.0. The van der Waals surface area contributed by atoms with Crippen molar-refractivity contribution in [2.75, 3.05) is 18.4 Å². The Morgan fingerprint density at radius 3 is 2.33 bits per heavy atom. The molecule has 6 heteroatoms. The highest BCUT2D eigenvalue weighted by molar-refractivity contribution is 6.30. The van der Waals surface area contributed by atoms with Crippen LogP contribution in [0.5, 0.6) is 0 Å². The number of hydrogen-bond donors (Lipinski definition) is 2. The van der Waals surface area contributed by atoms with E-state index >= 15 is 0 Å². The Bertz CT molecular complexity index is 851. The molecule has 3 rings (SSSR count). The first-order valence-corrected chi connectivity index (χ1v) is 12.6. The van der Waals surface area contributed by atoms with E-state index in [-0.39, 0.29) is 11.9 Å². The summed E-state index contributed by atoms with van der Waals surface area (Å²) in [5.41, 5.74) is 1.81. The van der Waals surface area contributed by atoms with Gasteiger partial charge in [0.1, 0.15) is 0 Å². The zero-order valence-electron chi connectivity index (χ0n) is 19.4. The average Bonchev–Trinajstić information content (AvgIpc) is 2.84. The van der Waals surface area contributed by atoms with Crippen molar-refractivity contribution in [1.29, 1.82) is 0 Å². The van der Waals surface area contributed by atoms with Crippen LogP contribution in [-0.4, -0.2) is 29.9 Å². The Kier molecular flexibility index (Phi) is 10.6. The second-order valence-corrected chi connectivity index (χ2v) is 9.37. The first-order chi connectivity index (χ1) is 16.1. The monoisotopic (exact) mass is 469 g/mol. The molecule has 1 aliphatic carbocycles. The van der Waals surface area contributed by atoms with Gasteiger partial charge in [-0.25, -0.2) is 4.79 Å². The van der Waals surface area contributed by atoms with E-state index in [4.69, 9.17) is 11.6 Å². The summed E-state index contributed by atoms with van der Waals surface area (Å²) in [4.78, 5) is 27.1. The van der Waals surface area contributed by atoms with Gasteiger partial charge in [0, 0.05) is 36.8 Å². The largest absolute Gasteiger partial charge is 0.352 e. The van der Waals surface area contributed by atoms with Crippen LogP contribution in [0.15, 0.2) is 54.6 Å². The summed E-state index contributed by atoms with van der Waals surface area (Å²) >= 11 is 5.90. The second-order valence-electron chi connectivity index (χ2n) is 8.94. The van der Waals surface area contributed by atoms with Gasteiger partial charge in [-0.05, 0) is 55.0 Å². The summed E-state index contributed by atoms with van der Waals surface area (Å²) in [5.74, 6) is 0.798. The number of anilines is 1. The molecule has 3 amide bonds. The van der Waals surface area contributed by atoms with Crippen LogP contribution in [0.2, 0.25) is 5.02 Å². The Morgan fingerprint density at radius 2 is 1.61 bits per heavy atom. The quantitative estimate of drug-likeness (QED) is 0.388. The van der Waals surface area contributed by atoms with Gasteiger partial charge in [-0.3, -0.25) is 4.79 Å². The summed E-state index contributed by atoms with van der Waals surface area (Å²) in [6.45, 7) is 1.77. The van der Waals surface area contributed by atoms with Crippen molar-refractivity contribution in [3.63, 3.8) is 0 Å². The van der Waals surface area contributed by atoms with Crippen molar-refractivity contribution < 1.29 is 9.59 Å². The van der Waals surface area contributed by atoms with E-state index in [1.165, 1.54) is 38.5 Å². The van der Waals surface area contributed by atoms with Gasteiger partial charge in [-0.1, -0.05) is 74.0 Å². The number of halogens is 1. The number of carbonyl (C=O) groups is 2. The molecule has 1 fully saturated rings. The Balaban J connectivity index is 1.44. The predicted molar refractivity (Wildman–Crippen MR) is 135 cm³/mol. The lowest BCUT2D eigenvalue weighted by Gasteiger charge is -2.26. The molecule has 2 aromatic carbocycles. The molecule has 2 aromatic rings. The van der Waals surface area contributed by atoms with E-state index in [0.29, 0.717) is 31.0 Å². The van der Waals surface area contributed by atoms with Gasteiger partial charge < -0.3 is 15.5 Å². The third-order valence-corrected chi connectivity index (χ3v) is 6.56. The standard InChI is InChI=1S/C27H36ClN3O2/c28-24-17-15-23(16-18-24)21-29-26(32)14-8-20-31(19-7-11-22-9-3-1-4-10-22)27(33)30-25-12-5-2-6-13-25/h2,5-6,12-13,15-18,22H,1,3-4,7-11,14,19-21H2,(H,29,32)(H,30,33). The second kappa shape index (κ2) is 13.9. The number of urea groups is 1. The summed E-state index contributed by atoms with van der Waals surface area (Å²) in [6, 6.07) is 16.9. The molecule has 0 atom stereocenters. The van der Waals surface area contributed by atoms with Gasteiger partial charge in [-0.15, -0.1) is 0 Å². The van der Waals surface area contributed by atoms with Crippen LogP contribution in [0.1, 0.15) is 63.4 Å². The lowest BCUT2D eigenvalue weighted by Crippen LogP contribution is -2.37. The van der Waals surface area contributed by atoms with Crippen LogP contribution in [-0.2, 0) is 11.3 Å². The van der Waals surface area contributed by atoms with Crippen LogP contribution in [0.25, 0.3) is 0 Å². The van der Waals surface area contributed by atoms with Crippen LogP contribution in [0, 0.1) is 5.92 Å². The van der Waals surface area contributed by atoms with E-state index < -0.39 is 0 Å². The highest BCUT2D eigenvalue weighted by Gasteiger charge is 2.17. The van der Waals surface area contributed by atoms with E-state index in [1.807, 2.05) is 59.5 Å². The molecule has 0 bridgehead atoms. The molecule has 2 N–H and O–H groups in total. The molecule has 1 aliphatic rings. The maximum Gasteiger partial charge on any atom is 0.321 e. The van der Waals surface area contributed by atoms with E-state index in [1.54, 1.807) is 0 Å². The van der Waals surface area contributed by atoms with Crippen molar-refractivity contribution in [3.05, 3.63) is 65.2 Å². The number of benzene rings is 2. The highest BCUT2D eigenvalue weighted by Crippen LogP contribution is 2.27. The van der Waals surface area contributed by atoms with Crippen LogP contribution < -0.4 is 10.6 Å². The molecule has 0 aromatic heterocycles. The average molecular weight is 470 g/mol. The minimum Gasteiger partial charge on any atom is -0.352 e. The van der Waals surface area contributed by atoms with E-state index in [9.17, 15) is 9.59 Å². The number of carbonyl (C=O) groups excluding carboxylic acids is 2. The molecule has 0 radical (unpaired) electrons. The smallest absolute Gasteiger partial charge is 0.321 e. The highest BCUT2D eigenvalue weighted by atomic mass is 35.5. The fourth-order valence-corrected chi connectivity index (χ4v) is 4.53. The van der Waals surface area contributed by atoms with Crippen LogP contribution >= 0.6 is 11.6 Å². The topological polar surface area (TPSA) is 61.4 Å². The third kappa shape index (κ3) is 9.47. The fourth-order valence-electron chi connectivity index (χ4n) is 4.41. The third-order valence-electron chi connectivity index (χ3n) is 6.31. The zero-order valence-corrected chi connectivity index (χ0v) is 20.2. The van der Waals surface area contributed by atoms with Crippen molar-refractivity contribution in [2.24, 2.45) is 5.92 Å². The summed E-state index contributed by atoms with van der Waals surface area (Å²) in [7, 11) is 0. The molecule has 0 unspecified atom stereocenters. The van der Waals surface area contributed by atoms with E-state index in [0.717, 1.165) is 30.1 Å². The molecule has 0 saturated heterocycles. The van der Waals surface area contributed by atoms with E-state index in [2.05, 4.69) is 10.6 Å². The first kappa shape index (κ1) is 25.1. The van der Waals surface area contributed by atoms with Crippen molar-refractivity contribution in [3.8, 4) is 0 Å². The zero-order chi connectivity index (χ0) is 23.3. The van der Waals surface area contributed by atoms with Crippen molar-refractivity contribution in [1.82, 2.24) is 10.2 Å². The Morgan fingerprint density at radius 1 is 0.909 bits per heavy atom. The van der Waals surface area contributed by atoms with Gasteiger partial charge in [0.15, 0.2) is 0 Å². The SMILES string of the molecule is O=C(CCCN(CCCC1CCCCC1)C(=O)Nc1ccccc1)NCc1ccc(Cl)cc1. The van der Waals surface area contributed by atoms with Crippen molar-refractivity contribution >= 4 is 29.2 Å². The first-order valence-electron chi connectivity index (χ1n) is 12.2. The van der Waals surface area contributed by atoms with Gasteiger partial charge in [0.25, 0.3) is 0 Å². The maximum absolute atomic E-state index is 12.9. The number of nitrogens with zero attached hydrogens (tertiary/aromatic N) is 1. The van der Waals surface area contributed by atoms with Crippen LogP contribution in [0.3, 0.4) is 0 Å². The molecule has 0 aliphatic heterocycles. The Hall–Kier alpha value is -2.53. The van der Waals surface area contributed by atoms with Gasteiger partial charge in [0.05, 0.1) is 0 Å². The minimum atomic E-state index is -0.0913. The fraction of sp³-hybridized carbons (Fsp3) is 0.481. The minimum absolute atomic E-state index is 0.00410. The van der Waals surface area contributed by atoms with Crippen molar-refractivity contribution in [2.45, 2.75) is 64.3 Å². The summed E-state index contributed by atoms with van der Waals surface area (Å²) < 4.78 is 0. The maximum atomic E-state index is 12.9. The number of rotatable bonds is 11. The number of hydrogen-bond acceptors (Lipinski definition) is 2. The summed E-state index contributed by atoms with van der Waals surface area (Å²) in [5, 5.41) is 6.62. The van der Waals surface area contributed by atoms with Crippen LogP contribution in [0.4, 0.5) is 10.5 Å². The molecule has 178 valence electrons. The van der Waals surface area contributed by atoms with Gasteiger partial charge >= 0.3 is 6.03 Å². The lowest BCUT2D eigenvalue weighted by atomic mass is 9.86. The number of nitrogens with one attached hydrogen (secondary N) is 2. The molecule has 0 heterocycles. The number of amides is 3. The molecule has 33 heavy (non-hydrogen) atoms. The predicted octanol–water partition coefficient (Wildman–Crippen LogP) is 6.63. The van der Waals surface area contributed by atoms with Gasteiger partial charge in [-0.2, -0.15) is 0 Å². The molecular weight excluding hydrogens is 434 g/mol. The lowest BCUT2D eigenvalue weighted by molar-refractivity contribution is -0.121. The molecule has 0 spiro atoms. The number of para-hydroxylation sites is 1. The summed E-state index contributed by atoms with van der Waals surface area (Å²) in [6.07, 6.45) is 9.91. The molecular formula is C27H36ClN3O2. The molecule has 1 saturated carbocycles. The Labute approximate surface area is 202 Å². The molecule has 5 nitrogen and oxygen atoms in total. The van der Waals surface area contributed by atoms with Gasteiger partial charge in [0.2, 0.25) is 5.91 Å².